The lowest BCUT2D eigenvalue weighted by Gasteiger charge is -2.13. The van der Waals surface area contributed by atoms with Gasteiger partial charge in [-0.3, -0.25) is 4.79 Å². The molecule has 0 aliphatic heterocycles. The highest BCUT2D eigenvalue weighted by molar-refractivity contribution is 6.02. The summed E-state index contributed by atoms with van der Waals surface area (Å²) in [5, 5.41) is 10.00. The Labute approximate surface area is 184 Å². The van der Waals surface area contributed by atoms with Crippen LogP contribution in [-0.2, 0) is 0 Å². The zero-order valence-corrected chi connectivity index (χ0v) is 17.7. The standard InChI is InChI=1S/C26H21FN4O/c1-17(2)30-26(32)24-22(23(28-30)18-11-5-3-6-12-18)25(19-13-7-4-8-14-19)31(29-24)21-16-10-9-15-20(21)27/h3-17H,1-2H3. The van der Waals surface area contributed by atoms with E-state index in [4.69, 9.17) is 5.10 Å². The number of nitrogens with zero attached hydrogens (tertiary/aromatic N) is 4. The molecule has 0 amide bonds. The van der Waals surface area contributed by atoms with Crippen molar-refractivity contribution in [3.63, 3.8) is 0 Å². The molecule has 0 aliphatic rings. The average molecular weight is 424 g/mol. The van der Waals surface area contributed by atoms with Crippen molar-refractivity contribution in [1.29, 1.82) is 0 Å². The molecule has 0 fully saturated rings. The first-order valence-electron chi connectivity index (χ1n) is 10.5. The third-order valence-corrected chi connectivity index (χ3v) is 5.40. The number of para-hydroxylation sites is 1. The molecule has 0 atom stereocenters. The largest absolute Gasteiger partial charge is 0.295 e. The minimum atomic E-state index is -0.420. The first-order valence-corrected chi connectivity index (χ1v) is 10.5. The summed E-state index contributed by atoms with van der Waals surface area (Å²) in [6.07, 6.45) is 0. The molecule has 5 rings (SSSR count). The Hall–Kier alpha value is -4.06. The van der Waals surface area contributed by atoms with E-state index < -0.39 is 5.82 Å². The molecule has 0 N–H and O–H groups in total. The molecule has 0 saturated heterocycles. The highest BCUT2D eigenvalue weighted by Gasteiger charge is 2.25. The molecule has 0 unspecified atom stereocenters. The van der Waals surface area contributed by atoms with Gasteiger partial charge in [0.05, 0.1) is 17.1 Å². The molecule has 0 saturated carbocycles. The Morgan fingerprint density at radius 3 is 2.00 bits per heavy atom. The van der Waals surface area contributed by atoms with Crippen LogP contribution in [0.2, 0.25) is 0 Å². The van der Waals surface area contributed by atoms with Crippen molar-refractivity contribution < 1.29 is 4.39 Å². The number of fused-ring (bicyclic) bond motifs is 1. The summed E-state index contributed by atoms with van der Waals surface area (Å²) < 4.78 is 17.8. The third-order valence-electron chi connectivity index (χ3n) is 5.40. The maximum Gasteiger partial charge on any atom is 0.295 e. The molecule has 158 valence electrons. The highest BCUT2D eigenvalue weighted by atomic mass is 19.1. The van der Waals surface area contributed by atoms with E-state index in [-0.39, 0.29) is 22.8 Å². The smallest absolute Gasteiger partial charge is 0.265 e. The van der Waals surface area contributed by atoms with Crippen LogP contribution >= 0.6 is 0 Å². The molecule has 3 aromatic carbocycles. The minimum Gasteiger partial charge on any atom is -0.265 e. The van der Waals surface area contributed by atoms with Crippen LogP contribution < -0.4 is 5.56 Å². The molecule has 5 aromatic rings. The molecule has 2 aromatic heterocycles. The van der Waals surface area contributed by atoms with Gasteiger partial charge in [0.15, 0.2) is 5.52 Å². The van der Waals surface area contributed by atoms with Crippen LogP contribution in [0.4, 0.5) is 4.39 Å². The number of halogens is 1. The van der Waals surface area contributed by atoms with E-state index in [2.05, 4.69) is 5.10 Å². The van der Waals surface area contributed by atoms with Gasteiger partial charge in [0.25, 0.3) is 5.56 Å². The maximum atomic E-state index is 14.9. The van der Waals surface area contributed by atoms with Gasteiger partial charge in [-0.25, -0.2) is 13.8 Å². The van der Waals surface area contributed by atoms with E-state index in [1.54, 1.807) is 18.2 Å². The lowest BCUT2D eigenvalue weighted by molar-refractivity contribution is 0.509. The number of aromatic nitrogens is 4. The second-order valence-electron chi connectivity index (χ2n) is 7.86. The van der Waals surface area contributed by atoms with Crippen LogP contribution in [0.5, 0.6) is 0 Å². The Kier molecular flexibility index (Phi) is 4.90. The van der Waals surface area contributed by atoms with Gasteiger partial charge in [0.2, 0.25) is 0 Å². The lowest BCUT2D eigenvalue weighted by atomic mass is 10.0. The number of benzene rings is 3. The van der Waals surface area contributed by atoms with Gasteiger partial charge >= 0.3 is 0 Å². The molecule has 0 bridgehead atoms. The van der Waals surface area contributed by atoms with E-state index in [0.717, 1.165) is 11.1 Å². The van der Waals surface area contributed by atoms with Crippen LogP contribution in [-0.4, -0.2) is 19.6 Å². The van der Waals surface area contributed by atoms with E-state index in [1.165, 1.54) is 15.4 Å². The summed E-state index contributed by atoms with van der Waals surface area (Å²) in [6.45, 7) is 3.81. The van der Waals surface area contributed by atoms with Crippen LogP contribution in [0.15, 0.2) is 89.7 Å². The Morgan fingerprint density at radius 2 is 1.38 bits per heavy atom. The summed E-state index contributed by atoms with van der Waals surface area (Å²) in [7, 11) is 0. The van der Waals surface area contributed by atoms with Gasteiger partial charge in [0.1, 0.15) is 17.2 Å². The molecule has 0 aliphatic carbocycles. The van der Waals surface area contributed by atoms with Gasteiger partial charge in [-0.05, 0) is 26.0 Å². The van der Waals surface area contributed by atoms with E-state index >= 15 is 0 Å². The molecule has 2 heterocycles. The van der Waals surface area contributed by atoms with E-state index in [0.29, 0.717) is 16.8 Å². The van der Waals surface area contributed by atoms with Gasteiger partial charge in [0, 0.05) is 11.1 Å². The molecular formula is C26H21FN4O. The van der Waals surface area contributed by atoms with Crippen molar-refractivity contribution in [2.45, 2.75) is 19.9 Å². The molecule has 6 heteroatoms. The lowest BCUT2D eigenvalue weighted by Crippen LogP contribution is -2.25. The Morgan fingerprint density at radius 1 is 0.781 bits per heavy atom. The van der Waals surface area contributed by atoms with Crippen LogP contribution in [0.1, 0.15) is 19.9 Å². The normalized spacial score (nSPS) is 11.4. The van der Waals surface area contributed by atoms with Crippen LogP contribution in [0.3, 0.4) is 0 Å². The number of hydrogen-bond acceptors (Lipinski definition) is 3. The van der Waals surface area contributed by atoms with Gasteiger partial charge < -0.3 is 0 Å². The molecule has 32 heavy (non-hydrogen) atoms. The van der Waals surface area contributed by atoms with Crippen molar-refractivity contribution in [3.05, 3.63) is 101 Å². The first kappa shape index (κ1) is 19.9. The van der Waals surface area contributed by atoms with Crippen molar-refractivity contribution in [3.8, 4) is 28.2 Å². The number of rotatable bonds is 4. The zero-order valence-electron chi connectivity index (χ0n) is 17.7. The summed E-state index contributed by atoms with van der Waals surface area (Å²) in [5.41, 5.74) is 3.17. The second kappa shape index (κ2) is 7.89. The van der Waals surface area contributed by atoms with E-state index in [1.807, 2.05) is 74.5 Å². The van der Waals surface area contributed by atoms with Gasteiger partial charge in [-0.1, -0.05) is 72.8 Å². The predicted octanol–water partition coefficient (Wildman–Crippen LogP) is 5.64. The fourth-order valence-corrected chi connectivity index (χ4v) is 3.91. The molecule has 0 spiro atoms. The number of hydrogen-bond donors (Lipinski definition) is 0. The fourth-order valence-electron chi connectivity index (χ4n) is 3.91. The summed E-state index contributed by atoms with van der Waals surface area (Å²) in [4.78, 5) is 13.4. The fraction of sp³-hybridized carbons (Fsp3) is 0.115. The minimum absolute atomic E-state index is 0.159. The summed E-state index contributed by atoms with van der Waals surface area (Å²) in [5.74, 6) is -0.420. The van der Waals surface area contributed by atoms with Gasteiger partial charge in [-0.2, -0.15) is 10.2 Å². The summed E-state index contributed by atoms with van der Waals surface area (Å²) >= 11 is 0. The van der Waals surface area contributed by atoms with Crippen molar-refractivity contribution >= 4 is 10.9 Å². The molecule has 0 radical (unpaired) electrons. The topological polar surface area (TPSA) is 52.7 Å². The van der Waals surface area contributed by atoms with Crippen molar-refractivity contribution in [1.82, 2.24) is 19.6 Å². The summed E-state index contributed by atoms with van der Waals surface area (Å²) in [6, 6.07) is 25.5. The average Bonchev–Trinajstić information content (AvgIpc) is 3.21. The quantitative estimate of drug-likeness (QED) is 0.375. The van der Waals surface area contributed by atoms with Crippen LogP contribution in [0, 0.1) is 5.82 Å². The second-order valence-corrected chi connectivity index (χ2v) is 7.86. The first-order chi connectivity index (χ1) is 15.6. The third kappa shape index (κ3) is 3.21. The highest BCUT2D eigenvalue weighted by Crippen LogP contribution is 2.36. The van der Waals surface area contributed by atoms with Gasteiger partial charge in [-0.15, -0.1) is 0 Å². The molecular weight excluding hydrogens is 403 g/mol. The van der Waals surface area contributed by atoms with Crippen molar-refractivity contribution in [2.75, 3.05) is 0 Å². The van der Waals surface area contributed by atoms with E-state index in [9.17, 15) is 9.18 Å². The monoisotopic (exact) mass is 424 g/mol. The van der Waals surface area contributed by atoms with Crippen molar-refractivity contribution in [2.24, 2.45) is 0 Å². The predicted molar refractivity (Wildman–Crippen MR) is 124 cm³/mol. The SMILES string of the molecule is CC(C)n1nc(-c2ccccc2)c2c(-c3ccccc3)n(-c3ccccc3F)nc2c1=O. The Bertz CT molecular complexity index is 1470. The Balaban J connectivity index is 2.00. The molecule has 5 nitrogen and oxygen atoms in total. The maximum absolute atomic E-state index is 14.9. The zero-order chi connectivity index (χ0) is 22.2. The van der Waals surface area contributed by atoms with Crippen LogP contribution in [0.25, 0.3) is 39.1 Å².